The summed E-state index contributed by atoms with van der Waals surface area (Å²) in [6, 6.07) is 1.31. The highest BCUT2D eigenvalue weighted by molar-refractivity contribution is 5.95. The lowest BCUT2D eigenvalue weighted by atomic mass is 10.2. The van der Waals surface area contributed by atoms with Crippen LogP contribution in [-0.2, 0) is 4.79 Å². The molecule has 0 saturated heterocycles. The van der Waals surface area contributed by atoms with Gasteiger partial charge in [0.1, 0.15) is 0 Å². The summed E-state index contributed by atoms with van der Waals surface area (Å²) in [6.07, 6.45) is 1.97. The zero-order chi connectivity index (χ0) is 14.3. The van der Waals surface area contributed by atoms with Crippen LogP contribution in [0.3, 0.4) is 0 Å². The van der Waals surface area contributed by atoms with Gasteiger partial charge < -0.3 is 16.4 Å². The van der Waals surface area contributed by atoms with Crippen molar-refractivity contribution in [3.63, 3.8) is 0 Å². The maximum atomic E-state index is 13.9. The zero-order valence-electron chi connectivity index (χ0n) is 10.7. The standard InChI is InChI=1S/C12H17FN4O2/c1-2-15-11-10(13)8(5-7-16-11)12(19)17-6-3-4-9(14)18/h5,7H,2-4,6H2,1H3,(H2,14,18)(H,15,16)(H,17,19). The predicted octanol–water partition coefficient (Wildman–Crippen LogP) is 0.648. The Bertz CT molecular complexity index is 465. The molecule has 0 bridgehead atoms. The van der Waals surface area contributed by atoms with Gasteiger partial charge in [0.15, 0.2) is 11.6 Å². The monoisotopic (exact) mass is 268 g/mol. The highest BCUT2D eigenvalue weighted by atomic mass is 19.1. The van der Waals surface area contributed by atoms with Crippen molar-refractivity contribution in [1.29, 1.82) is 0 Å². The van der Waals surface area contributed by atoms with Gasteiger partial charge in [0.05, 0.1) is 5.56 Å². The highest BCUT2D eigenvalue weighted by Gasteiger charge is 2.15. The van der Waals surface area contributed by atoms with Crippen LogP contribution in [0.4, 0.5) is 10.2 Å². The van der Waals surface area contributed by atoms with E-state index in [1.165, 1.54) is 12.3 Å². The third-order valence-corrected chi connectivity index (χ3v) is 2.36. The fraction of sp³-hybridized carbons (Fsp3) is 0.417. The van der Waals surface area contributed by atoms with Crippen molar-refractivity contribution >= 4 is 17.6 Å². The number of carbonyl (C=O) groups is 2. The number of primary amides is 1. The lowest BCUT2D eigenvalue weighted by Gasteiger charge is -2.08. The number of hydrogen-bond acceptors (Lipinski definition) is 4. The fourth-order valence-corrected chi connectivity index (χ4v) is 1.47. The minimum atomic E-state index is -0.684. The molecule has 1 rings (SSSR count). The second-order valence-corrected chi connectivity index (χ2v) is 3.88. The van der Waals surface area contributed by atoms with E-state index in [0.717, 1.165) is 0 Å². The second-order valence-electron chi connectivity index (χ2n) is 3.88. The summed E-state index contributed by atoms with van der Waals surface area (Å²) in [5, 5.41) is 5.25. The molecule has 4 N–H and O–H groups in total. The maximum absolute atomic E-state index is 13.9. The molecular weight excluding hydrogens is 251 g/mol. The van der Waals surface area contributed by atoms with Crippen molar-refractivity contribution in [3.05, 3.63) is 23.6 Å². The van der Waals surface area contributed by atoms with E-state index >= 15 is 0 Å². The van der Waals surface area contributed by atoms with Crippen LogP contribution >= 0.6 is 0 Å². The second kappa shape index (κ2) is 7.30. The predicted molar refractivity (Wildman–Crippen MR) is 69.1 cm³/mol. The van der Waals surface area contributed by atoms with Gasteiger partial charge in [-0.25, -0.2) is 9.37 Å². The average Bonchev–Trinajstić information content (AvgIpc) is 2.37. The molecule has 6 nitrogen and oxygen atoms in total. The smallest absolute Gasteiger partial charge is 0.254 e. The van der Waals surface area contributed by atoms with Crippen LogP contribution in [0.1, 0.15) is 30.1 Å². The lowest BCUT2D eigenvalue weighted by molar-refractivity contribution is -0.118. The molecule has 0 radical (unpaired) electrons. The number of nitrogens with zero attached hydrogens (tertiary/aromatic N) is 1. The molecule has 0 atom stereocenters. The summed E-state index contributed by atoms with van der Waals surface area (Å²) in [4.78, 5) is 26.1. The molecule has 0 spiro atoms. The van der Waals surface area contributed by atoms with E-state index in [9.17, 15) is 14.0 Å². The van der Waals surface area contributed by atoms with E-state index in [1.54, 1.807) is 6.92 Å². The van der Waals surface area contributed by atoms with Crippen LogP contribution in [0.15, 0.2) is 12.3 Å². The molecule has 7 heteroatoms. The first-order valence-corrected chi connectivity index (χ1v) is 6.01. The Morgan fingerprint density at radius 3 is 2.84 bits per heavy atom. The summed E-state index contributed by atoms with van der Waals surface area (Å²) in [6.45, 7) is 2.57. The van der Waals surface area contributed by atoms with E-state index in [1.807, 2.05) is 0 Å². The van der Waals surface area contributed by atoms with Crippen LogP contribution in [0.25, 0.3) is 0 Å². The number of halogens is 1. The maximum Gasteiger partial charge on any atom is 0.254 e. The Morgan fingerprint density at radius 1 is 1.47 bits per heavy atom. The number of amides is 2. The molecule has 1 heterocycles. The van der Waals surface area contributed by atoms with Crippen molar-refractivity contribution in [3.8, 4) is 0 Å². The minimum Gasteiger partial charge on any atom is -0.370 e. The van der Waals surface area contributed by atoms with Crippen LogP contribution in [0.2, 0.25) is 0 Å². The van der Waals surface area contributed by atoms with Gasteiger partial charge >= 0.3 is 0 Å². The molecule has 0 aliphatic rings. The highest BCUT2D eigenvalue weighted by Crippen LogP contribution is 2.14. The van der Waals surface area contributed by atoms with E-state index in [-0.39, 0.29) is 24.3 Å². The van der Waals surface area contributed by atoms with Crippen molar-refractivity contribution in [2.75, 3.05) is 18.4 Å². The van der Waals surface area contributed by atoms with E-state index in [0.29, 0.717) is 13.0 Å². The first-order valence-electron chi connectivity index (χ1n) is 6.01. The van der Waals surface area contributed by atoms with Crippen molar-refractivity contribution in [2.45, 2.75) is 19.8 Å². The summed E-state index contributed by atoms with van der Waals surface area (Å²) < 4.78 is 13.9. The SMILES string of the molecule is CCNc1nccc(C(=O)NCCCC(N)=O)c1F. The van der Waals surface area contributed by atoms with Gasteiger partial charge in [-0.15, -0.1) is 0 Å². The first kappa shape index (κ1) is 14.9. The molecule has 0 unspecified atom stereocenters. The molecule has 19 heavy (non-hydrogen) atoms. The molecule has 0 aromatic carbocycles. The number of nitrogens with two attached hydrogens (primary N) is 1. The van der Waals surface area contributed by atoms with Gasteiger partial charge in [0.25, 0.3) is 5.91 Å². The number of nitrogens with one attached hydrogen (secondary N) is 2. The molecule has 0 fully saturated rings. The average molecular weight is 268 g/mol. The summed E-state index contributed by atoms with van der Waals surface area (Å²) in [5.74, 6) is -1.61. The quantitative estimate of drug-likeness (QED) is 0.632. The molecule has 1 aromatic heterocycles. The minimum absolute atomic E-state index is 0.0484. The van der Waals surface area contributed by atoms with Gasteiger partial charge in [-0.05, 0) is 19.4 Å². The fourth-order valence-electron chi connectivity index (χ4n) is 1.47. The number of carbonyl (C=O) groups excluding carboxylic acids is 2. The first-order chi connectivity index (χ1) is 9.06. The van der Waals surface area contributed by atoms with Gasteiger partial charge in [-0.2, -0.15) is 0 Å². The lowest BCUT2D eigenvalue weighted by Crippen LogP contribution is -2.26. The summed E-state index contributed by atoms with van der Waals surface area (Å²) in [7, 11) is 0. The molecule has 104 valence electrons. The van der Waals surface area contributed by atoms with E-state index in [2.05, 4.69) is 15.6 Å². The number of hydrogen-bond donors (Lipinski definition) is 3. The normalized spacial score (nSPS) is 10.0. The van der Waals surface area contributed by atoms with Gasteiger partial charge in [0, 0.05) is 25.7 Å². The van der Waals surface area contributed by atoms with Crippen LogP contribution in [-0.4, -0.2) is 29.9 Å². The Balaban J connectivity index is 2.61. The number of aromatic nitrogens is 1. The van der Waals surface area contributed by atoms with Gasteiger partial charge in [0.2, 0.25) is 5.91 Å². The summed E-state index contributed by atoms with van der Waals surface area (Å²) in [5.41, 5.74) is 4.89. The van der Waals surface area contributed by atoms with Crippen LogP contribution in [0.5, 0.6) is 0 Å². The Kier molecular flexibility index (Phi) is 5.72. The van der Waals surface area contributed by atoms with Crippen LogP contribution < -0.4 is 16.4 Å². The molecule has 0 saturated carbocycles. The van der Waals surface area contributed by atoms with Crippen LogP contribution in [0, 0.1) is 5.82 Å². The topological polar surface area (TPSA) is 97.1 Å². The Labute approximate surface area is 110 Å². The molecule has 0 aliphatic heterocycles. The molecule has 2 amide bonds. The van der Waals surface area contributed by atoms with Crippen molar-refractivity contribution in [1.82, 2.24) is 10.3 Å². The Morgan fingerprint density at radius 2 is 2.21 bits per heavy atom. The molecular formula is C12H17FN4O2. The largest absolute Gasteiger partial charge is 0.370 e. The van der Waals surface area contributed by atoms with Gasteiger partial charge in [-0.1, -0.05) is 0 Å². The molecule has 1 aromatic rings. The summed E-state index contributed by atoms with van der Waals surface area (Å²) >= 11 is 0. The van der Waals surface area contributed by atoms with E-state index < -0.39 is 17.6 Å². The van der Waals surface area contributed by atoms with Crippen molar-refractivity contribution in [2.24, 2.45) is 5.73 Å². The Hall–Kier alpha value is -2.18. The number of anilines is 1. The van der Waals surface area contributed by atoms with Crippen molar-refractivity contribution < 1.29 is 14.0 Å². The van der Waals surface area contributed by atoms with E-state index in [4.69, 9.17) is 5.73 Å². The molecule has 0 aliphatic carbocycles. The number of pyridine rings is 1. The third-order valence-electron chi connectivity index (χ3n) is 2.36. The van der Waals surface area contributed by atoms with Gasteiger partial charge in [-0.3, -0.25) is 9.59 Å². The number of rotatable bonds is 7. The zero-order valence-corrected chi connectivity index (χ0v) is 10.7. The third kappa shape index (κ3) is 4.53.